The summed E-state index contributed by atoms with van der Waals surface area (Å²) >= 11 is 0. The molecule has 1 fully saturated rings. The number of H-pyrrole nitrogens is 1. The predicted octanol–water partition coefficient (Wildman–Crippen LogP) is -0.369. The number of hydrogen-bond donors (Lipinski definition) is 1. The topological polar surface area (TPSA) is 99.1 Å². The van der Waals surface area contributed by atoms with Crippen molar-refractivity contribution in [3.8, 4) is 6.07 Å². The molecule has 7 nitrogen and oxygen atoms in total. The van der Waals surface area contributed by atoms with Crippen LogP contribution in [0.25, 0.3) is 0 Å². The SMILES string of the molecule is Cc1ncc(S(=O)(=O)N2CCOC(C#N)C2)[nH]1. The lowest BCUT2D eigenvalue weighted by Crippen LogP contribution is -2.45. The quantitative estimate of drug-likeness (QED) is 0.778. The highest BCUT2D eigenvalue weighted by Crippen LogP contribution is 2.16. The van der Waals surface area contributed by atoms with Crippen LogP contribution < -0.4 is 0 Å². The van der Waals surface area contributed by atoms with Crippen LogP contribution in [0.2, 0.25) is 0 Å². The van der Waals surface area contributed by atoms with Gasteiger partial charge in [0.25, 0.3) is 10.0 Å². The molecule has 1 saturated heterocycles. The second-order valence-corrected chi connectivity index (χ2v) is 5.59. The second kappa shape index (κ2) is 4.44. The van der Waals surface area contributed by atoms with Gasteiger partial charge in [-0.05, 0) is 6.92 Å². The molecular formula is C9H12N4O3S. The van der Waals surface area contributed by atoms with E-state index in [4.69, 9.17) is 10.00 Å². The van der Waals surface area contributed by atoms with Crippen LogP contribution in [0.3, 0.4) is 0 Å². The van der Waals surface area contributed by atoms with Gasteiger partial charge in [0, 0.05) is 6.54 Å². The molecule has 1 atom stereocenters. The van der Waals surface area contributed by atoms with E-state index in [-0.39, 0.29) is 24.7 Å². The molecule has 1 aromatic rings. The lowest BCUT2D eigenvalue weighted by molar-refractivity contribution is 0.0310. The highest BCUT2D eigenvalue weighted by Gasteiger charge is 2.31. The van der Waals surface area contributed by atoms with E-state index in [1.807, 2.05) is 6.07 Å². The van der Waals surface area contributed by atoms with Crippen molar-refractivity contribution in [3.63, 3.8) is 0 Å². The van der Waals surface area contributed by atoms with Gasteiger partial charge in [-0.25, -0.2) is 13.4 Å². The number of sulfonamides is 1. The van der Waals surface area contributed by atoms with Gasteiger partial charge in [0.15, 0.2) is 11.1 Å². The number of nitrogens with zero attached hydrogens (tertiary/aromatic N) is 3. The molecule has 1 unspecified atom stereocenters. The van der Waals surface area contributed by atoms with Crippen molar-refractivity contribution in [2.24, 2.45) is 0 Å². The minimum absolute atomic E-state index is 0.0496. The molecule has 1 aliphatic heterocycles. The van der Waals surface area contributed by atoms with E-state index in [2.05, 4.69) is 9.97 Å². The first kappa shape index (κ1) is 12.0. The molecule has 0 aromatic carbocycles. The van der Waals surface area contributed by atoms with Crippen molar-refractivity contribution in [3.05, 3.63) is 12.0 Å². The van der Waals surface area contributed by atoms with Gasteiger partial charge < -0.3 is 9.72 Å². The first-order valence-corrected chi connectivity index (χ1v) is 6.51. The van der Waals surface area contributed by atoms with Crippen molar-refractivity contribution in [1.29, 1.82) is 5.26 Å². The molecule has 1 N–H and O–H groups in total. The minimum atomic E-state index is -3.60. The van der Waals surface area contributed by atoms with Gasteiger partial charge in [-0.15, -0.1) is 0 Å². The molecule has 2 heterocycles. The van der Waals surface area contributed by atoms with E-state index in [1.54, 1.807) is 6.92 Å². The molecule has 92 valence electrons. The molecule has 0 bridgehead atoms. The number of ether oxygens (including phenoxy) is 1. The zero-order chi connectivity index (χ0) is 12.5. The van der Waals surface area contributed by atoms with Crippen molar-refractivity contribution < 1.29 is 13.2 Å². The Morgan fingerprint density at radius 3 is 3.06 bits per heavy atom. The fourth-order valence-corrected chi connectivity index (χ4v) is 2.98. The van der Waals surface area contributed by atoms with Crippen LogP contribution >= 0.6 is 0 Å². The summed E-state index contributed by atoms with van der Waals surface area (Å²) in [6, 6.07) is 1.91. The van der Waals surface area contributed by atoms with Gasteiger partial charge in [-0.2, -0.15) is 9.57 Å². The molecule has 0 aliphatic carbocycles. The van der Waals surface area contributed by atoms with E-state index in [9.17, 15) is 8.42 Å². The number of imidazole rings is 1. The van der Waals surface area contributed by atoms with Gasteiger partial charge >= 0.3 is 0 Å². The first-order valence-electron chi connectivity index (χ1n) is 5.07. The minimum Gasteiger partial charge on any atom is -0.361 e. The zero-order valence-electron chi connectivity index (χ0n) is 9.25. The number of hydrogen-bond acceptors (Lipinski definition) is 5. The Kier molecular flexibility index (Phi) is 3.15. The van der Waals surface area contributed by atoms with Gasteiger partial charge in [0.05, 0.1) is 25.4 Å². The van der Waals surface area contributed by atoms with Crippen LogP contribution in [-0.4, -0.2) is 48.5 Å². The third-order valence-corrected chi connectivity index (χ3v) is 4.25. The maximum atomic E-state index is 12.2. The third-order valence-electron chi connectivity index (χ3n) is 2.47. The van der Waals surface area contributed by atoms with Gasteiger partial charge in [-0.1, -0.05) is 0 Å². The molecule has 0 spiro atoms. The number of nitriles is 1. The number of morpholine rings is 1. The van der Waals surface area contributed by atoms with Gasteiger partial charge in [0.1, 0.15) is 5.82 Å². The fraction of sp³-hybridized carbons (Fsp3) is 0.556. The van der Waals surface area contributed by atoms with E-state index >= 15 is 0 Å². The molecule has 0 amide bonds. The van der Waals surface area contributed by atoms with Crippen molar-refractivity contribution >= 4 is 10.0 Å². The van der Waals surface area contributed by atoms with Crippen LogP contribution in [0.1, 0.15) is 5.82 Å². The average Bonchev–Trinajstić information content (AvgIpc) is 2.76. The highest BCUT2D eigenvalue weighted by molar-refractivity contribution is 7.89. The maximum absolute atomic E-state index is 12.2. The summed E-state index contributed by atoms with van der Waals surface area (Å²) in [4.78, 5) is 6.54. The van der Waals surface area contributed by atoms with Crippen molar-refractivity contribution in [2.45, 2.75) is 18.1 Å². The number of aryl methyl sites for hydroxylation is 1. The summed E-state index contributed by atoms with van der Waals surface area (Å²) in [7, 11) is -3.60. The average molecular weight is 256 g/mol. The largest absolute Gasteiger partial charge is 0.361 e. The predicted molar refractivity (Wildman–Crippen MR) is 57.4 cm³/mol. The second-order valence-electron chi connectivity index (χ2n) is 3.68. The van der Waals surface area contributed by atoms with Crippen LogP contribution in [-0.2, 0) is 14.8 Å². The first-order chi connectivity index (χ1) is 8.04. The smallest absolute Gasteiger partial charge is 0.260 e. The number of aromatic amines is 1. The van der Waals surface area contributed by atoms with Crippen molar-refractivity contribution in [2.75, 3.05) is 19.7 Å². The molecule has 1 aromatic heterocycles. The molecule has 2 rings (SSSR count). The van der Waals surface area contributed by atoms with E-state index in [1.165, 1.54) is 10.5 Å². The normalized spacial score (nSPS) is 22.2. The summed E-state index contributed by atoms with van der Waals surface area (Å²) < 4.78 is 30.6. The van der Waals surface area contributed by atoms with E-state index in [0.717, 1.165) is 0 Å². The van der Waals surface area contributed by atoms with E-state index < -0.39 is 16.1 Å². The third kappa shape index (κ3) is 2.31. The van der Waals surface area contributed by atoms with Crippen LogP contribution in [0.4, 0.5) is 0 Å². The lowest BCUT2D eigenvalue weighted by Gasteiger charge is -2.28. The molecular weight excluding hydrogens is 244 g/mol. The molecule has 0 radical (unpaired) electrons. The molecule has 8 heteroatoms. The standard InChI is InChI=1S/C9H12N4O3S/c1-7-11-5-9(12-7)17(14,15)13-2-3-16-8(4-10)6-13/h5,8H,2-3,6H2,1H3,(H,11,12). The Labute approximate surface area is 99.1 Å². The van der Waals surface area contributed by atoms with Crippen LogP contribution in [0.5, 0.6) is 0 Å². The number of rotatable bonds is 2. The maximum Gasteiger partial charge on any atom is 0.260 e. The molecule has 0 saturated carbocycles. The molecule has 1 aliphatic rings. The summed E-state index contributed by atoms with van der Waals surface area (Å²) in [5, 5.41) is 8.78. The Bertz CT molecular complexity index is 545. The summed E-state index contributed by atoms with van der Waals surface area (Å²) in [5.41, 5.74) is 0. The number of aromatic nitrogens is 2. The number of nitrogens with one attached hydrogen (secondary N) is 1. The van der Waals surface area contributed by atoms with Crippen molar-refractivity contribution in [1.82, 2.24) is 14.3 Å². The fourth-order valence-electron chi connectivity index (χ4n) is 1.59. The Balaban J connectivity index is 2.24. The summed E-state index contributed by atoms with van der Waals surface area (Å²) in [6.07, 6.45) is 0.573. The van der Waals surface area contributed by atoms with Crippen LogP contribution in [0.15, 0.2) is 11.2 Å². The summed E-state index contributed by atoms with van der Waals surface area (Å²) in [6.45, 7) is 2.20. The van der Waals surface area contributed by atoms with Gasteiger partial charge in [0.2, 0.25) is 0 Å². The Morgan fingerprint density at radius 1 is 1.71 bits per heavy atom. The Morgan fingerprint density at radius 2 is 2.47 bits per heavy atom. The summed E-state index contributed by atoms with van der Waals surface area (Å²) in [5.74, 6) is 0.536. The van der Waals surface area contributed by atoms with Gasteiger partial charge in [-0.3, -0.25) is 0 Å². The lowest BCUT2D eigenvalue weighted by atomic mass is 10.3. The highest BCUT2D eigenvalue weighted by atomic mass is 32.2. The van der Waals surface area contributed by atoms with E-state index in [0.29, 0.717) is 5.82 Å². The Hall–Kier alpha value is -1.43. The zero-order valence-corrected chi connectivity index (χ0v) is 10.1. The molecule has 17 heavy (non-hydrogen) atoms. The monoisotopic (exact) mass is 256 g/mol. The van der Waals surface area contributed by atoms with Crippen LogP contribution in [0, 0.1) is 18.3 Å².